The number of rotatable bonds is 2. The van der Waals surface area contributed by atoms with Crippen molar-refractivity contribution in [1.29, 1.82) is 0 Å². The average Bonchev–Trinajstić information content (AvgIpc) is 2.62. The van der Waals surface area contributed by atoms with Crippen LogP contribution in [0.5, 0.6) is 0 Å². The van der Waals surface area contributed by atoms with Gasteiger partial charge in [0.25, 0.3) is 5.91 Å². The summed E-state index contributed by atoms with van der Waals surface area (Å²) in [6, 6.07) is 1.51. The van der Waals surface area contributed by atoms with Crippen LogP contribution in [0.2, 0.25) is 5.02 Å². The maximum Gasteiger partial charge on any atom is 0.278 e. The van der Waals surface area contributed by atoms with Gasteiger partial charge in [0.1, 0.15) is 5.82 Å². The molecule has 0 aliphatic carbocycles. The summed E-state index contributed by atoms with van der Waals surface area (Å²) in [6.45, 7) is 0. The molecule has 1 aromatic carbocycles. The zero-order valence-corrected chi connectivity index (χ0v) is 10.5. The number of aromatic nitrogens is 2. The first kappa shape index (κ1) is 13.3. The van der Waals surface area contributed by atoms with E-state index in [1.165, 1.54) is 10.9 Å². The molecule has 100 valence electrons. The second-order valence-corrected chi connectivity index (χ2v) is 4.21. The van der Waals surface area contributed by atoms with E-state index in [0.717, 1.165) is 6.07 Å². The molecule has 0 fully saturated rings. The number of halogens is 3. The number of aryl methyl sites for hydroxylation is 1. The van der Waals surface area contributed by atoms with E-state index in [1.807, 2.05) is 0 Å². The molecular formula is C11H9ClF2N4O. The molecule has 0 saturated carbocycles. The number of anilines is 2. The molecule has 5 nitrogen and oxygen atoms in total. The Balaban J connectivity index is 2.32. The maximum absolute atomic E-state index is 13.5. The molecular weight excluding hydrogens is 278 g/mol. The largest absolute Gasteiger partial charge is 0.396 e. The van der Waals surface area contributed by atoms with Crippen molar-refractivity contribution in [1.82, 2.24) is 9.78 Å². The molecule has 2 aromatic rings. The van der Waals surface area contributed by atoms with Gasteiger partial charge in [-0.1, -0.05) is 11.6 Å². The Morgan fingerprint density at radius 1 is 1.47 bits per heavy atom. The van der Waals surface area contributed by atoms with Gasteiger partial charge < -0.3 is 11.1 Å². The van der Waals surface area contributed by atoms with Crippen molar-refractivity contribution >= 4 is 28.9 Å². The van der Waals surface area contributed by atoms with Crippen LogP contribution in [0.4, 0.5) is 20.2 Å². The number of hydrogen-bond donors (Lipinski definition) is 2. The van der Waals surface area contributed by atoms with Crippen LogP contribution < -0.4 is 11.1 Å². The molecule has 19 heavy (non-hydrogen) atoms. The van der Waals surface area contributed by atoms with Crippen LogP contribution in [-0.2, 0) is 7.05 Å². The van der Waals surface area contributed by atoms with Crippen LogP contribution in [0, 0.1) is 11.6 Å². The van der Waals surface area contributed by atoms with E-state index in [4.69, 9.17) is 17.3 Å². The molecule has 8 heteroatoms. The van der Waals surface area contributed by atoms with Gasteiger partial charge in [0.15, 0.2) is 11.5 Å². The van der Waals surface area contributed by atoms with Crippen LogP contribution >= 0.6 is 11.6 Å². The summed E-state index contributed by atoms with van der Waals surface area (Å²) in [4.78, 5) is 11.9. The van der Waals surface area contributed by atoms with Crippen LogP contribution in [0.15, 0.2) is 18.3 Å². The van der Waals surface area contributed by atoms with Crippen molar-refractivity contribution < 1.29 is 13.6 Å². The van der Waals surface area contributed by atoms with Crippen LogP contribution in [0.3, 0.4) is 0 Å². The molecule has 0 aliphatic heterocycles. The second-order valence-electron chi connectivity index (χ2n) is 3.81. The fraction of sp³-hybridized carbons (Fsp3) is 0.0909. The third-order valence-electron chi connectivity index (χ3n) is 2.32. The van der Waals surface area contributed by atoms with E-state index < -0.39 is 17.5 Å². The number of amides is 1. The Morgan fingerprint density at radius 2 is 2.16 bits per heavy atom. The van der Waals surface area contributed by atoms with Gasteiger partial charge in [0.05, 0.1) is 16.4 Å². The Kier molecular flexibility index (Phi) is 3.39. The van der Waals surface area contributed by atoms with E-state index in [-0.39, 0.29) is 22.1 Å². The summed E-state index contributed by atoms with van der Waals surface area (Å²) in [5.41, 5.74) is 5.31. The first-order valence-corrected chi connectivity index (χ1v) is 5.51. The Morgan fingerprint density at radius 3 is 2.68 bits per heavy atom. The Bertz CT molecular complexity index is 633. The molecule has 0 bridgehead atoms. The smallest absolute Gasteiger partial charge is 0.278 e. The molecule has 0 aliphatic rings. The van der Waals surface area contributed by atoms with E-state index >= 15 is 0 Å². The van der Waals surface area contributed by atoms with E-state index in [2.05, 4.69) is 10.4 Å². The summed E-state index contributed by atoms with van der Waals surface area (Å²) in [7, 11) is 1.58. The molecule has 0 radical (unpaired) electrons. The monoisotopic (exact) mass is 286 g/mol. The van der Waals surface area contributed by atoms with Gasteiger partial charge in [0.2, 0.25) is 0 Å². The minimum atomic E-state index is -0.979. The number of hydrogen-bond acceptors (Lipinski definition) is 3. The number of nitrogens with one attached hydrogen (secondary N) is 1. The summed E-state index contributed by atoms with van der Waals surface area (Å²) in [5.74, 6) is -2.55. The molecule has 1 amide bonds. The molecule has 1 aromatic heterocycles. The van der Waals surface area contributed by atoms with Gasteiger partial charge in [-0.05, 0) is 6.07 Å². The van der Waals surface area contributed by atoms with E-state index in [1.54, 1.807) is 7.05 Å². The minimum absolute atomic E-state index is 0.0673. The quantitative estimate of drug-likeness (QED) is 0.889. The van der Waals surface area contributed by atoms with Gasteiger partial charge in [0, 0.05) is 19.3 Å². The first-order valence-electron chi connectivity index (χ1n) is 5.13. The van der Waals surface area contributed by atoms with Crippen LogP contribution in [0.1, 0.15) is 10.5 Å². The van der Waals surface area contributed by atoms with Crippen molar-refractivity contribution in [2.24, 2.45) is 7.05 Å². The summed E-state index contributed by atoms with van der Waals surface area (Å²) in [5, 5.41) is 5.78. The topological polar surface area (TPSA) is 72.9 Å². The Labute approximate surface area is 112 Å². The van der Waals surface area contributed by atoms with Crippen molar-refractivity contribution in [2.45, 2.75) is 0 Å². The normalized spacial score (nSPS) is 10.5. The SMILES string of the molecule is Cn1cc(N)c(C(=O)Nc2c(F)cc(F)cc2Cl)n1. The molecule has 0 atom stereocenters. The highest BCUT2D eigenvalue weighted by Crippen LogP contribution is 2.27. The number of carbonyl (C=O) groups is 1. The fourth-order valence-corrected chi connectivity index (χ4v) is 1.76. The highest BCUT2D eigenvalue weighted by Gasteiger charge is 2.18. The van der Waals surface area contributed by atoms with Crippen molar-refractivity contribution in [3.05, 3.63) is 40.7 Å². The van der Waals surface area contributed by atoms with Gasteiger partial charge in [-0.2, -0.15) is 5.10 Å². The Hall–Kier alpha value is -2.15. The lowest BCUT2D eigenvalue weighted by molar-refractivity contribution is 0.102. The standard InChI is InChI=1S/C11H9ClF2N4O/c1-18-4-8(15)10(17-18)11(19)16-9-6(12)2-5(13)3-7(9)14/h2-4H,15H2,1H3,(H,16,19). The molecule has 3 N–H and O–H groups in total. The maximum atomic E-state index is 13.5. The fourth-order valence-electron chi connectivity index (χ4n) is 1.52. The lowest BCUT2D eigenvalue weighted by Gasteiger charge is -2.07. The third kappa shape index (κ3) is 2.65. The lowest BCUT2D eigenvalue weighted by atomic mass is 10.2. The number of nitrogens with zero attached hydrogens (tertiary/aromatic N) is 2. The molecule has 0 spiro atoms. The molecule has 2 rings (SSSR count). The second kappa shape index (κ2) is 4.85. The average molecular weight is 287 g/mol. The van der Waals surface area contributed by atoms with E-state index in [9.17, 15) is 13.6 Å². The first-order chi connectivity index (χ1) is 8.88. The summed E-state index contributed by atoms with van der Waals surface area (Å²) < 4.78 is 27.7. The summed E-state index contributed by atoms with van der Waals surface area (Å²) >= 11 is 5.66. The van der Waals surface area contributed by atoms with Gasteiger partial charge in [-0.3, -0.25) is 9.48 Å². The zero-order valence-electron chi connectivity index (χ0n) is 9.75. The molecule has 0 saturated heterocycles. The van der Waals surface area contributed by atoms with Crippen molar-refractivity contribution in [3.8, 4) is 0 Å². The van der Waals surface area contributed by atoms with Crippen molar-refractivity contribution in [2.75, 3.05) is 11.1 Å². The summed E-state index contributed by atoms with van der Waals surface area (Å²) in [6.07, 6.45) is 1.43. The molecule has 0 unspecified atom stereocenters. The van der Waals surface area contributed by atoms with Crippen LogP contribution in [-0.4, -0.2) is 15.7 Å². The van der Waals surface area contributed by atoms with Gasteiger partial charge in [-0.25, -0.2) is 8.78 Å². The van der Waals surface area contributed by atoms with Gasteiger partial charge >= 0.3 is 0 Å². The molecule has 1 heterocycles. The predicted molar refractivity (Wildman–Crippen MR) is 66.9 cm³/mol. The van der Waals surface area contributed by atoms with E-state index in [0.29, 0.717) is 6.07 Å². The van der Waals surface area contributed by atoms with Crippen molar-refractivity contribution in [3.63, 3.8) is 0 Å². The third-order valence-corrected chi connectivity index (χ3v) is 2.62. The highest BCUT2D eigenvalue weighted by molar-refractivity contribution is 6.34. The van der Waals surface area contributed by atoms with Gasteiger partial charge in [-0.15, -0.1) is 0 Å². The number of carbonyl (C=O) groups excluding carboxylic acids is 1. The highest BCUT2D eigenvalue weighted by atomic mass is 35.5. The zero-order chi connectivity index (χ0) is 14.2. The minimum Gasteiger partial charge on any atom is -0.396 e. The number of nitrogen functional groups attached to an aromatic ring is 1. The predicted octanol–water partition coefficient (Wildman–Crippen LogP) is 2.19. The lowest BCUT2D eigenvalue weighted by Crippen LogP contribution is -2.16. The number of nitrogens with two attached hydrogens (primary N) is 1. The number of benzene rings is 1. The van der Waals surface area contributed by atoms with Crippen LogP contribution in [0.25, 0.3) is 0 Å².